The van der Waals surface area contributed by atoms with Crippen LogP contribution in [0.25, 0.3) is 16.9 Å². The molecule has 5 rings (SSSR count). The number of amides is 1. The second kappa shape index (κ2) is 9.01. The molecule has 1 amide bonds. The highest BCUT2D eigenvalue weighted by Gasteiger charge is 2.25. The summed E-state index contributed by atoms with van der Waals surface area (Å²) < 4.78 is 3.99. The van der Waals surface area contributed by atoms with E-state index in [9.17, 15) is 4.79 Å². The van der Waals surface area contributed by atoms with Gasteiger partial charge in [-0.1, -0.05) is 41.9 Å². The van der Waals surface area contributed by atoms with Gasteiger partial charge in [0.15, 0.2) is 0 Å². The van der Waals surface area contributed by atoms with Gasteiger partial charge in [-0.3, -0.25) is 4.79 Å². The number of para-hydroxylation sites is 1. The van der Waals surface area contributed by atoms with Crippen molar-refractivity contribution in [2.45, 2.75) is 25.3 Å². The highest BCUT2D eigenvalue weighted by Crippen LogP contribution is 2.27. The van der Waals surface area contributed by atoms with Gasteiger partial charge in [-0.15, -0.1) is 0 Å². The van der Waals surface area contributed by atoms with Gasteiger partial charge in [0.2, 0.25) is 5.91 Å². The van der Waals surface area contributed by atoms with Crippen LogP contribution in [-0.4, -0.2) is 43.2 Å². The number of nitrogens with zero attached hydrogens (tertiary/aromatic N) is 5. The standard InChI is InChI=1S/C25H24ClN5O/c26-21-8-6-19(7-9-21)25-20(17-31(28-25)23-4-2-1-3-5-23)16-24(32)29-13-10-22(11-14-29)30-15-12-27-18-30/h1-9,12,15,17-18,22H,10-11,13-14,16H2. The molecule has 0 N–H and O–H groups in total. The predicted octanol–water partition coefficient (Wildman–Crippen LogP) is 4.80. The average Bonchev–Trinajstić information content (AvgIpc) is 3.51. The number of likely N-dealkylation sites (tertiary alicyclic amines) is 1. The number of aromatic nitrogens is 4. The molecule has 0 spiro atoms. The van der Waals surface area contributed by atoms with Crippen molar-refractivity contribution >= 4 is 17.5 Å². The maximum Gasteiger partial charge on any atom is 0.227 e. The number of imidazole rings is 1. The van der Waals surface area contributed by atoms with Crippen LogP contribution in [0.15, 0.2) is 79.5 Å². The fraction of sp³-hybridized carbons (Fsp3) is 0.240. The van der Waals surface area contributed by atoms with E-state index in [1.165, 1.54) is 0 Å². The van der Waals surface area contributed by atoms with Crippen molar-refractivity contribution in [3.05, 3.63) is 90.1 Å². The topological polar surface area (TPSA) is 56.0 Å². The first-order chi connectivity index (χ1) is 15.7. The summed E-state index contributed by atoms with van der Waals surface area (Å²) in [7, 11) is 0. The van der Waals surface area contributed by atoms with E-state index in [0.29, 0.717) is 17.5 Å². The van der Waals surface area contributed by atoms with Crippen molar-refractivity contribution in [3.8, 4) is 16.9 Å². The summed E-state index contributed by atoms with van der Waals surface area (Å²) in [5, 5.41) is 5.49. The van der Waals surface area contributed by atoms with E-state index in [4.69, 9.17) is 16.7 Å². The minimum atomic E-state index is 0.136. The molecule has 3 heterocycles. The second-order valence-corrected chi connectivity index (χ2v) is 8.53. The minimum Gasteiger partial charge on any atom is -0.342 e. The van der Waals surface area contributed by atoms with Gasteiger partial charge in [0, 0.05) is 53.9 Å². The molecule has 1 saturated heterocycles. The van der Waals surface area contributed by atoms with Crippen LogP contribution < -0.4 is 0 Å². The quantitative estimate of drug-likeness (QED) is 0.443. The Kier molecular flexibility index (Phi) is 5.77. The van der Waals surface area contributed by atoms with Gasteiger partial charge in [0.25, 0.3) is 0 Å². The second-order valence-electron chi connectivity index (χ2n) is 8.09. The Balaban J connectivity index is 1.37. The Morgan fingerprint density at radius 2 is 1.78 bits per heavy atom. The van der Waals surface area contributed by atoms with Crippen LogP contribution in [0.5, 0.6) is 0 Å². The maximum atomic E-state index is 13.2. The zero-order valence-corrected chi connectivity index (χ0v) is 18.4. The zero-order valence-electron chi connectivity index (χ0n) is 17.6. The Hall–Kier alpha value is -3.38. The van der Waals surface area contributed by atoms with Crippen molar-refractivity contribution in [2.75, 3.05) is 13.1 Å². The van der Waals surface area contributed by atoms with Crippen LogP contribution in [0.4, 0.5) is 0 Å². The van der Waals surface area contributed by atoms with Crippen molar-refractivity contribution < 1.29 is 4.79 Å². The Morgan fingerprint density at radius 3 is 2.47 bits per heavy atom. The van der Waals surface area contributed by atoms with Crippen molar-refractivity contribution in [1.82, 2.24) is 24.2 Å². The third kappa shape index (κ3) is 4.32. The number of benzene rings is 2. The van der Waals surface area contributed by atoms with E-state index in [-0.39, 0.29) is 5.91 Å². The molecule has 162 valence electrons. The Bertz CT molecular complexity index is 1180. The lowest BCUT2D eigenvalue weighted by Crippen LogP contribution is -2.39. The molecule has 6 nitrogen and oxygen atoms in total. The molecule has 2 aromatic carbocycles. The molecule has 0 aliphatic carbocycles. The number of piperidine rings is 1. The zero-order chi connectivity index (χ0) is 21.9. The fourth-order valence-corrected chi connectivity index (χ4v) is 4.40. The van der Waals surface area contributed by atoms with E-state index < -0.39 is 0 Å². The first-order valence-corrected chi connectivity index (χ1v) is 11.2. The van der Waals surface area contributed by atoms with Gasteiger partial charge >= 0.3 is 0 Å². The van der Waals surface area contributed by atoms with Crippen LogP contribution >= 0.6 is 11.6 Å². The van der Waals surface area contributed by atoms with Gasteiger partial charge in [-0.2, -0.15) is 5.10 Å². The number of halogens is 1. The number of hydrogen-bond donors (Lipinski definition) is 0. The van der Waals surface area contributed by atoms with Gasteiger partial charge in [-0.25, -0.2) is 9.67 Å². The van der Waals surface area contributed by atoms with E-state index in [1.54, 1.807) is 6.20 Å². The molecule has 0 unspecified atom stereocenters. The summed E-state index contributed by atoms with van der Waals surface area (Å²) >= 11 is 6.08. The lowest BCUT2D eigenvalue weighted by Gasteiger charge is -2.32. The summed E-state index contributed by atoms with van der Waals surface area (Å²) in [4.78, 5) is 19.3. The molecule has 0 radical (unpaired) electrons. The largest absolute Gasteiger partial charge is 0.342 e. The molecule has 0 saturated carbocycles. The molecule has 7 heteroatoms. The molecule has 1 aliphatic rings. The van der Waals surface area contributed by atoms with E-state index in [0.717, 1.165) is 48.4 Å². The molecule has 32 heavy (non-hydrogen) atoms. The summed E-state index contributed by atoms with van der Waals surface area (Å²) in [6, 6.07) is 18.0. The smallest absolute Gasteiger partial charge is 0.227 e. The molecule has 1 fully saturated rings. The summed E-state index contributed by atoms with van der Waals surface area (Å²) in [5.41, 5.74) is 3.64. The van der Waals surface area contributed by atoms with Crippen molar-refractivity contribution in [1.29, 1.82) is 0 Å². The average molecular weight is 446 g/mol. The molecule has 0 bridgehead atoms. The maximum absolute atomic E-state index is 13.2. The number of hydrogen-bond acceptors (Lipinski definition) is 3. The first-order valence-electron chi connectivity index (χ1n) is 10.8. The Morgan fingerprint density at radius 1 is 1.03 bits per heavy atom. The van der Waals surface area contributed by atoms with Gasteiger partial charge < -0.3 is 9.47 Å². The predicted molar refractivity (Wildman–Crippen MR) is 125 cm³/mol. The fourth-order valence-electron chi connectivity index (χ4n) is 4.28. The molecular formula is C25H24ClN5O. The highest BCUT2D eigenvalue weighted by molar-refractivity contribution is 6.30. The van der Waals surface area contributed by atoms with E-state index in [2.05, 4.69) is 9.55 Å². The van der Waals surface area contributed by atoms with Crippen molar-refractivity contribution in [2.24, 2.45) is 0 Å². The summed E-state index contributed by atoms with van der Waals surface area (Å²) in [6.07, 6.45) is 9.83. The van der Waals surface area contributed by atoms with Gasteiger partial charge in [0.1, 0.15) is 0 Å². The first kappa shape index (κ1) is 20.5. The summed E-state index contributed by atoms with van der Waals surface area (Å²) in [5.74, 6) is 0.136. The van der Waals surface area contributed by atoms with Gasteiger partial charge in [0.05, 0.1) is 24.1 Å². The summed E-state index contributed by atoms with van der Waals surface area (Å²) in [6.45, 7) is 1.51. The number of rotatable bonds is 5. The van der Waals surface area contributed by atoms with E-state index in [1.807, 2.05) is 82.9 Å². The number of carbonyl (C=O) groups excluding carboxylic acids is 1. The molecule has 0 atom stereocenters. The van der Waals surface area contributed by atoms with Crippen LogP contribution in [-0.2, 0) is 11.2 Å². The molecule has 2 aromatic heterocycles. The molecule has 1 aliphatic heterocycles. The van der Waals surface area contributed by atoms with Crippen LogP contribution in [0.2, 0.25) is 5.02 Å². The van der Waals surface area contributed by atoms with Crippen LogP contribution in [0.1, 0.15) is 24.4 Å². The Labute approximate surface area is 192 Å². The lowest BCUT2D eigenvalue weighted by atomic mass is 10.0. The highest BCUT2D eigenvalue weighted by atomic mass is 35.5. The third-order valence-corrected chi connectivity index (χ3v) is 6.29. The monoisotopic (exact) mass is 445 g/mol. The van der Waals surface area contributed by atoms with E-state index >= 15 is 0 Å². The molecular weight excluding hydrogens is 422 g/mol. The SMILES string of the molecule is O=C(Cc1cn(-c2ccccc2)nc1-c1ccc(Cl)cc1)N1CCC(n2ccnc2)CC1. The van der Waals surface area contributed by atoms with Crippen LogP contribution in [0, 0.1) is 0 Å². The van der Waals surface area contributed by atoms with Crippen molar-refractivity contribution in [3.63, 3.8) is 0 Å². The third-order valence-electron chi connectivity index (χ3n) is 6.03. The molecule has 4 aromatic rings. The van der Waals surface area contributed by atoms with Crippen LogP contribution in [0.3, 0.4) is 0 Å². The normalized spacial score (nSPS) is 14.6. The lowest BCUT2D eigenvalue weighted by molar-refractivity contribution is -0.131. The minimum absolute atomic E-state index is 0.136. The number of carbonyl (C=O) groups is 1. The van der Waals surface area contributed by atoms with Gasteiger partial charge in [-0.05, 0) is 37.1 Å².